The fourth-order valence-electron chi connectivity index (χ4n) is 2.19. The van der Waals surface area contributed by atoms with Crippen molar-refractivity contribution in [3.63, 3.8) is 0 Å². The number of hydrogen-bond acceptors (Lipinski definition) is 2. The van der Waals surface area contributed by atoms with Crippen LogP contribution < -0.4 is 4.74 Å². The van der Waals surface area contributed by atoms with Crippen LogP contribution in [0.15, 0.2) is 29.3 Å². The van der Waals surface area contributed by atoms with Crippen LogP contribution in [0.3, 0.4) is 0 Å². The van der Waals surface area contributed by atoms with E-state index in [0.29, 0.717) is 10.6 Å². The molecule has 1 heterocycles. The lowest BCUT2D eigenvalue weighted by Gasteiger charge is -2.11. The van der Waals surface area contributed by atoms with Crippen molar-refractivity contribution in [3.8, 4) is 5.75 Å². The molecule has 2 rings (SSSR count). The molecule has 0 saturated carbocycles. The number of hydrogen-bond donors (Lipinski definition) is 1. The Hall–Kier alpha value is -1.33. The van der Waals surface area contributed by atoms with E-state index in [0.717, 1.165) is 23.9 Å². The highest BCUT2D eigenvalue weighted by Gasteiger charge is 2.17. The molecule has 0 saturated heterocycles. The number of aryl methyl sites for hydroxylation is 1. The first-order valence-corrected chi connectivity index (χ1v) is 7.54. The van der Waals surface area contributed by atoms with Gasteiger partial charge in [-0.3, -0.25) is 0 Å². The van der Waals surface area contributed by atoms with Crippen LogP contribution in [0.5, 0.6) is 5.75 Å². The largest absolute Gasteiger partial charge is 0.490 e. The molecule has 0 fully saturated rings. The van der Waals surface area contributed by atoms with Gasteiger partial charge in [0.25, 0.3) is 0 Å². The van der Waals surface area contributed by atoms with Gasteiger partial charge >= 0.3 is 0 Å². The van der Waals surface area contributed by atoms with E-state index in [1.165, 1.54) is 0 Å². The zero-order valence-electron chi connectivity index (χ0n) is 11.4. The summed E-state index contributed by atoms with van der Waals surface area (Å²) in [5.41, 5.74) is 0.942. The molecule has 0 spiro atoms. The van der Waals surface area contributed by atoms with Gasteiger partial charge in [-0.15, -0.1) is 0 Å². The monoisotopic (exact) mass is 281 g/mol. The Morgan fingerprint density at radius 1 is 1.42 bits per heavy atom. The van der Waals surface area contributed by atoms with Gasteiger partial charge in [0.15, 0.2) is 11.1 Å². The summed E-state index contributed by atoms with van der Waals surface area (Å²) in [5, 5.41) is 0.741. The second-order valence-electron chi connectivity index (χ2n) is 4.75. The summed E-state index contributed by atoms with van der Waals surface area (Å²) in [6.45, 7) is 6.78. The van der Waals surface area contributed by atoms with Crippen LogP contribution in [-0.4, -0.2) is 19.4 Å². The number of ether oxygens (including phenoxy) is 1. The summed E-state index contributed by atoms with van der Waals surface area (Å²) in [5.74, 6) is 0.666. The minimum Gasteiger partial charge on any atom is -0.490 e. The third-order valence-electron chi connectivity index (χ3n) is 2.85. The number of fused-ring (bicyclic) bond motifs is 1. The van der Waals surface area contributed by atoms with Crippen molar-refractivity contribution >= 4 is 22.0 Å². The van der Waals surface area contributed by atoms with Gasteiger partial charge in [-0.1, -0.05) is 13.0 Å². The topological polar surface area (TPSA) is 51.5 Å². The molecule has 1 aromatic carbocycles. The molecule has 104 valence electrons. The first-order valence-electron chi connectivity index (χ1n) is 6.44. The van der Waals surface area contributed by atoms with Crippen LogP contribution in [0.4, 0.5) is 0 Å². The lowest BCUT2D eigenvalue weighted by Crippen LogP contribution is -2.06. The van der Waals surface area contributed by atoms with Crippen LogP contribution in [0.25, 0.3) is 10.9 Å². The van der Waals surface area contributed by atoms with Crippen molar-refractivity contribution in [1.82, 2.24) is 4.57 Å². The second-order valence-corrected chi connectivity index (χ2v) is 5.69. The average molecular weight is 281 g/mol. The molecule has 19 heavy (non-hydrogen) atoms. The summed E-state index contributed by atoms with van der Waals surface area (Å²) in [7, 11) is 0. The molecule has 1 aromatic heterocycles. The van der Waals surface area contributed by atoms with Gasteiger partial charge in [0.1, 0.15) is 5.75 Å². The molecule has 0 aliphatic heterocycles. The van der Waals surface area contributed by atoms with Gasteiger partial charge in [-0.05, 0) is 32.4 Å². The number of rotatable bonds is 5. The Labute approximate surface area is 115 Å². The molecular weight excluding hydrogens is 262 g/mol. The van der Waals surface area contributed by atoms with E-state index < -0.39 is 11.1 Å². The van der Waals surface area contributed by atoms with Crippen LogP contribution >= 0.6 is 0 Å². The lowest BCUT2D eigenvalue weighted by molar-refractivity contribution is 0.245. The molecule has 0 aliphatic carbocycles. The summed E-state index contributed by atoms with van der Waals surface area (Å²) in [4.78, 5) is 0.416. The summed E-state index contributed by atoms with van der Waals surface area (Å²) < 4.78 is 28.7. The third-order valence-corrected chi connectivity index (χ3v) is 3.53. The molecule has 5 heteroatoms. The standard InChI is InChI=1S/C14H19NO3S/c1-4-8-15-9-13(19(16)17)14-11(15)6-5-7-12(14)18-10(2)3/h5-7,9-10H,4,8H2,1-3H3,(H,16,17). The smallest absolute Gasteiger partial charge is 0.188 e. The molecule has 0 aliphatic rings. The summed E-state index contributed by atoms with van der Waals surface area (Å²) in [6, 6.07) is 5.71. The Bertz CT molecular complexity index is 604. The fraction of sp³-hybridized carbons (Fsp3) is 0.429. The molecule has 4 nitrogen and oxygen atoms in total. The van der Waals surface area contributed by atoms with E-state index in [4.69, 9.17) is 4.74 Å². The zero-order chi connectivity index (χ0) is 14.0. The summed E-state index contributed by atoms with van der Waals surface area (Å²) >= 11 is -2.01. The number of nitrogens with zero attached hydrogens (tertiary/aromatic N) is 1. The van der Waals surface area contributed by atoms with E-state index in [1.54, 1.807) is 6.20 Å². The van der Waals surface area contributed by atoms with E-state index in [-0.39, 0.29) is 6.10 Å². The first kappa shape index (κ1) is 14.1. The molecule has 0 bridgehead atoms. The van der Waals surface area contributed by atoms with E-state index in [2.05, 4.69) is 6.92 Å². The first-order chi connectivity index (χ1) is 9.04. The van der Waals surface area contributed by atoms with Crippen molar-refractivity contribution in [3.05, 3.63) is 24.4 Å². The fourth-order valence-corrected chi connectivity index (χ4v) is 2.79. The van der Waals surface area contributed by atoms with Gasteiger partial charge in [0, 0.05) is 12.7 Å². The van der Waals surface area contributed by atoms with Crippen LogP contribution in [0.2, 0.25) is 0 Å². The normalized spacial score (nSPS) is 13.1. The quantitative estimate of drug-likeness (QED) is 0.854. The molecule has 0 amide bonds. The maximum Gasteiger partial charge on any atom is 0.188 e. The van der Waals surface area contributed by atoms with Gasteiger partial charge in [0.2, 0.25) is 0 Å². The molecule has 1 N–H and O–H groups in total. The Kier molecular flexibility index (Phi) is 4.27. The highest BCUT2D eigenvalue weighted by molar-refractivity contribution is 7.79. The number of benzene rings is 1. The van der Waals surface area contributed by atoms with Gasteiger partial charge in [0.05, 0.1) is 21.9 Å². The third kappa shape index (κ3) is 2.82. The molecular formula is C14H19NO3S. The van der Waals surface area contributed by atoms with Crippen LogP contribution in [-0.2, 0) is 17.6 Å². The van der Waals surface area contributed by atoms with E-state index in [1.807, 2.05) is 36.6 Å². The Balaban J connectivity index is 2.67. The van der Waals surface area contributed by atoms with Crippen molar-refractivity contribution in [2.75, 3.05) is 0 Å². The SMILES string of the molecule is CCCn1cc(S(=O)O)c2c(OC(C)C)cccc21. The highest BCUT2D eigenvalue weighted by Crippen LogP contribution is 2.33. The lowest BCUT2D eigenvalue weighted by atomic mass is 10.2. The maximum absolute atomic E-state index is 11.5. The van der Waals surface area contributed by atoms with Crippen LogP contribution in [0.1, 0.15) is 27.2 Å². The molecule has 2 aromatic rings. The highest BCUT2D eigenvalue weighted by atomic mass is 32.2. The van der Waals surface area contributed by atoms with Gasteiger partial charge < -0.3 is 13.9 Å². The van der Waals surface area contributed by atoms with Crippen molar-refractivity contribution in [2.45, 2.75) is 44.7 Å². The Morgan fingerprint density at radius 2 is 2.16 bits per heavy atom. The van der Waals surface area contributed by atoms with Crippen molar-refractivity contribution in [2.24, 2.45) is 0 Å². The number of aromatic nitrogens is 1. The van der Waals surface area contributed by atoms with E-state index in [9.17, 15) is 8.76 Å². The van der Waals surface area contributed by atoms with Crippen LogP contribution in [0, 0.1) is 0 Å². The van der Waals surface area contributed by atoms with Crippen molar-refractivity contribution < 1.29 is 13.5 Å². The zero-order valence-corrected chi connectivity index (χ0v) is 12.2. The molecule has 0 radical (unpaired) electrons. The minimum absolute atomic E-state index is 0.0279. The van der Waals surface area contributed by atoms with Gasteiger partial charge in [-0.2, -0.15) is 0 Å². The second kappa shape index (κ2) is 5.75. The Morgan fingerprint density at radius 3 is 2.74 bits per heavy atom. The predicted molar refractivity (Wildman–Crippen MR) is 77.0 cm³/mol. The maximum atomic E-state index is 11.5. The molecule has 1 atom stereocenters. The summed E-state index contributed by atoms with van der Waals surface area (Å²) in [6.07, 6.45) is 2.74. The van der Waals surface area contributed by atoms with Crippen molar-refractivity contribution in [1.29, 1.82) is 0 Å². The van der Waals surface area contributed by atoms with E-state index >= 15 is 0 Å². The molecule has 1 unspecified atom stereocenters. The van der Waals surface area contributed by atoms with Gasteiger partial charge in [-0.25, -0.2) is 4.21 Å². The predicted octanol–water partition coefficient (Wildman–Crippen LogP) is 3.42. The average Bonchev–Trinajstić information content (AvgIpc) is 2.69. The minimum atomic E-state index is -2.01.